The van der Waals surface area contributed by atoms with E-state index in [4.69, 9.17) is 10.5 Å². The van der Waals surface area contributed by atoms with Gasteiger partial charge in [-0.25, -0.2) is 13.1 Å². The lowest BCUT2D eigenvalue weighted by atomic mass is 10.1. The maximum absolute atomic E-state index is 12.5. The van der Waals surface area contributed by atoms with E-state index in [1.165, 1.54) is 0 Å². The van der Waals surface area contributed by atoms with E-state index in [-0.39, 0.29) is 11.4 Å². The van der Waals surface area contributed by atoms with Gasteiger partial charge in [0.1, 0.15) is 0 Å². The van der Waals surface area contributed by atoms with Gasteiger partial charge in [-0.15, -0.1) is 0 Å². The van der Waals surface area contributed by atoms with Crippen LogP contribution in [0.15, 0.2) is 17.0 Å². The predicted octanol–water partition coefficient (Wildman–Crippen LogP) is 1.98. The highest BCUT2D eigenvalue weighted by Gasteiger charge is 2.25. The average molecular weight is 300 g/mol. The zero-order chi connectivity index (χ0) is 15.6. The highest BCUT2D eigenvalue weighted by Crippen LogP contribution is 2.24. The topological polar surface area (TPSA) is 81.4 Å². The highest BCUT2D eigenvalue weighted by atomic mass is 32.2. The Morgan fingerprint density at radius 3 is 2.45 bits per heavy atom. The van der Waals surface area contributed by atoms with Crippen LogP contribution in [0.25, 0.3) is 0 Å². The molecule has 0 aliphatic heterocycles. The van der Waals surface area contributed by atoms with E-state index in [1.54, 1.807) is 26.0 Å². The molecule has 6 heteroatoms. The molecule has 0 saturated heterocycles. The Morgan fingerprint density at radius 1 is 1.30 bits per heavy atom. The Morgan fingerprint density at radius 2 is 1.90 bits per heavy atom. The summed E-state index contributed by atoms with van der Waals surface area (Å²) in [5.41, 5.74) is 6.97. The standard InChI is InChI=1S/C14H24N2O3S/c1-6-19-14(4,5)9-16-20(17,18)13-10(2)7-8-12(15)11(13)3/h7-8,16H,6,9,15H2,1-5H3. The molecule has 0 aliphatic carbocycles. The van der Waals surface area contributed by atoms with E-state index < -0.39 is 15.6 Å². The van der Waals surface area contributed by atoms with Crippen molar-refractivity contribution in [3.05, 3.63) is 23.3 Å². The zero-order valence-corrected chi connectivity index (χ0v) is 13.6. The summed E-state index contributed by atoms with van der Waals surface area (Å²) in [5, 5.41) is 0. The zero-order valence-electron chi connectivity index (χ0n) is 12.8. The van der Waals surface area contributed by atoms with Crippen LogP contribution >= 0.6 is 0 Å². The first-order valence-corrected chi connectivity index (χ1v) is 8.08. The van der Waals surface area contributed by atoms with Gasteiger partial charge in [0.2, 0.25) is 10.0 Å². The Labute approximate surface area is 121 Å². The normalized spacial score (nSPS) is 12.7. The van der Waals surface area contributed by atoms with Crippen LogP contribution in [0.4, 0.5) is 5.69 Å². The number of nitrogens with one attached hydrogen (secondary N) is 1. The van der Waals surface area contributed by atoms with Crippen molar-refractivity contribution in [1.82, 2.24) is 4.72 Å². The molecule has 0 amide bonds. The third-order valence-electron chi connectivity index (χ3n) is 3.14. The molecule has 0 heterocycles. The van der Waals surface area contributed by atoms with Crippen molar-refractivity contribution in [2.75, 3.05) is 18.9 Å². The fourth-order valence-corrected chi connectivity index (χ4v) is 3.73. The maximum Gasteiger partial charge on any atom is 0.241 e. The van der Waals surface area contributed by atoms with Crippen LogP contribution in [0, 0.1) is 13.8 Å². The van der Waals surface area contributed by atoms with Crippen molar-refractivity contribution >= 4 is 15.7 Å². The maximum atomic E-state index is 12.5. The predicted molar refractivity (Wildman–Crippen MR) is 81.2 cm³/mol. The molecule has 0 aromatic heterocycles. The van der Waals surface area contributed by atoms with Gasteiger partial charge in [-0.05, 0) is 51.8 Å². The van der Waals surface area contributed by atoms with Crippen molar-refractivity contribution in [2.24, 2.45) is 0 Å². The SMILES string of the molecule is CCOC(C)(C)CNS(=O)(=O)c1c(C)ccc(N)c1C. The second-order valence-electron chi connectivity index (χ2n) is 5.44. The van der Waals surface area contributed by atoms with Crippen LogP contribution in [0.5, 0.6) is 0 Å². The molecule has 0 unspecified atom stereocenters. The molecule has 1 rings (SSSR count). The van der Waals surface area contributed by atoms with E-state index in [0.717, 1.165) is 0 Å². The lowest BCUT2D eigenvalue weighted by molar-refractivity contribution is -0.00515. The molecule has 20 heavy (non-hydrogen) atoms. The van der Waals surface area contributed by atoms with Crippen molar-refractivity contribution in [2.45, 2.75) is 45.1 Å². The number of sulfonamides is 1. The quantitative estimate of drug-likeness (QED) is 0.787. The lowest BCUT2D eigenvalue weighted by Crippen LogP contribution is -2.40. The van der Waals surface area contributed by atoms with Crippen LogP contribution in [0.3, 0.4) is 0 Å². The number of aryl methyl sites for hydroxylation is 1. The fraction of sp³-hybridized carbons (Fsp3) is 0.571. The highest BCUT2D eigenvalue weighted by molar-refractivity contribution is 7.89. The molecule has 0 bridgehead atoms. The largest absolute Gasteiger partial charge is 0.398 e. The number of nitrogen functional groups attached to an aromatic ring is 1. The first-order valence-electron chi connectivity index (χ1n) is 6.60. The third-order valence-corrected chi connectivity index (χ3v) is 4.83. The summed E-state index contributed by atoms with van der Waals surface area (Å²) < 4.78 is 33.0. The third kappa shape index (κ3) is 3.94. The van der Waals surface area contributed by atoms with Gasteiger partial charge in [0, 0.05) is 18.8 Å². The lowest BCUT2D eigenvalue weighted by Gasteiger charge is -2.25. The summed E-state index contributed by atoms with van der Waals surface area (Å²) in [6.07, 6.45) is 0. The molecule has 0 spiro atoms. The molecule has 1 aromatic carbocycles. The van der Waals surface area contributed by atoms with Gasteiger partial charge in [-0.1, -0.05) is 6.07 Å². The summed E-state index contributed by atoms with van der Waals surface area (Å²) in [6.45, 7) is 9.78. The molecule has 0 aliphatic rings. The molecule has 0 atom stereocenters. The van der Waals surface area contributed by atoms with Gasteiger partial charge in [-0.2, -0.15) is 0 Å². The van der Waals surface area contributed by atoms with Crippen LogP contribution in [0.1, 0.15) is 31.9 Å². The second-order valence-corrected chi connectivity index (χ2v) is 7.15. The minimum atomic E-state index is -3.61. The van der Waals surface area contributed by atoms with E-state index in [1.807, 2.05) is 20.8 Å². The molecule has 114 valence electrons. The molecule has 5 nitrogen and oxygen atoms in total. The van der Waals surface area contributed by atoms with E-state index >= 15 is 0 Å². The Kier molecular flexibility index (Phi) is 5.18. The first kappa shape index (κ1) is 16.9. The Hall–Kier alpha value is -1.11. The van der Waals surface area contributed by atoms with Crippen LogP contribution in [-0.4, -0.2) is 27.2 Å². The Bertz CT molecular complexity index is 580. The molecular formula is C14H24N2O3S. The number of hydrogen-bond donors (Lipinski definition) is 2. The number of benzene rings is 1. The smallest absolute Gasteiger partial charge is 0.241 e. The van der Waals surface area contributed by atoms with E-state index in [2.05, 4.69) is 4.72 Å². The van der Waals surface area contributed by atoms with E-state index in [9.17, 15) is 8.42 Å². The molecule has 0 fully saturated rings. The fourth-order valence-electron chi connectivity index (χ4n) is 2.04. The summed E-state index contributed by atoms with van der Waals surface area (Å²) in [6, 6.07) is 3.43. The Balaban J connectivity index is 3.04. The van der Waals surface area contributed by atoms with Crippen molar-refractivity contribution < 1.29 is 13.2 Å². The summed E-state index contributed by atoms with van der Waals surface area (Å²) in [5.74, 6) is 0. The van der Waals surface area contributed by atoms with Crippen molar-refractivity contribution in [3.63, 3.8) is 0 Å². The number of anilines is 1. The van der Waals surface area contributed by atoms with Crippen LogP contribution in [-0.2, 0) is 14.8 Å². The minimum Gasteiger partial charge on any atom is -0.398 e. The first-order chi connectivity index (χ1) is 9.10. The van der Waals surface area contributed by atoms with Gasteiger partial charge in [0.25, 0.3) is 0 Å². The molecule has 3 N–H and O–H groups in total. The average Bonchev–Trinajstić information content (AvgIpc) is 2.32. The van der Waals surface area contributed by atoms with Crippen molar-refractivity contribution in [3.8, 4) is 0 Å². The molecule has 0 radical (unpaired) electrons. The number of ether oxygens (including phenoxy) is 1. The number of hydrogen-bond acceptors (Lipinski definition) is 4. The van der Waals surface area contributed by atoms with Crippen LogP contribution in [0.2, 0.25) is 0 Å². The number of rotatable bonds is 6. The molecular weight excluding hydrogens is 276 g/mol. The summed E-state index contributed by atoms with van der Waals surface area (Å²) >= 11 is 0. The minimum absolute atomic E-state index is 0.205. The van der Waals surface area contributed by atoms with Gasteiger partial charge in [0.15, 0.2) is 0 Å². The van der Waals surface area contributed by atoms with Crippen molar-refractivity contribution in [1.29, 1.82) is 0 Å². The number of nitrogens with two attached hydrogens (primary N) is 1. The second kappa shape index (κ2) is 6.11. The van der Waals surface area contributed by atoms with Gasteiger partial charge in [0.05, 0.1) is 10.5 Å². The van der Waals surface area contributed by atoms with Gasteiger partial charge in [-0.3, -0.25) is 0 Å². The molecule has 1 aromatic rings. The van der Waals surface area contributed by atoms with E-state index in [0.29, 0.717) is 23.4 Å². The summed E-state index contributed by atoms with van der Waals surface area (Å²) in [4.78, 5) is 0.254. The van der Waals surface area contributed by atoms with Crippen LogP contribution < -0.4 is 10.5 Å². The molecule has 0 saturated carbocycles. The van der Waals surface area contributed by atoms with Gasteiger partial charge < -0.3 is 10.5 Å². The van der Waals surface area contributed by atoms with Gasteiger partial charge >= 0.3 is 0 Å². The summed E-state index contributed by atoms with van der Waals surface area (Å²) in [7, 11) is -3.61. The monoisotopic (exact) mass is 300 g/mol.